The van der Waals surface area contributed by atoms with Crippen molar-refractivity contribution in [3.8, 4) is 50.2 Å². The highest BCUT2D eigenvalue weighted by molar-refractivity contribution is 6.12. The fourth-order valence-electron chi connectivity index (χ4n) is 9.39. The normalized spacial score (nSPS) is 11.5. The third-order valence-corrected chi connectivity index (χ3v) is 12.4. The number of para-hydroxylation sites is 3. The Bertz CT molecular complexity index is 3550. The van der Waals surface area contributed by atoms with Gasteiger partial charge >= 0.3 is 0 Å². The van der Waals surface area contributed by atoms with Crippen molar-refractivity contribution >= 4 is 60.8 Å². The molecular formula is C60H40N2O. The van der Waals surface area contributed by atoms with E-state index in [1.165, 1.54) is 49.6 Å². The lowest BCUT2D eigenvalue weighted by atomic mass is 9.97. The predicted octanol–water partition coefficient (Wildman–Crippen LogP) is 16.8. The van der Waals surface area contributed by atoms with Crippen LogP contribution in [0, 0.1) is 0 Å². The van der Waals surface area contributed by atoms with Gasteiger partial charge in [0.1, 0.15) is 11.2 Å². The van der Waals surface area contributed by atoms with E-state index >= 15 is 0 Å². The maximum absolute atomic E-state index is 6.20. The molecule has 0 spiro atoms. The van der Waals surface area contributed by atoms with Crippen LogP contribution in [0.15, 0.2) is 247 Å². The van der Waals surface area contributed by atoms with E-state index in [1.54, 1.807) is 0 Å². The Morgan fingerprint density at radius 2 is 0.778 bits per heavy atom. The first kappa shape index (κ1) is 36.5. The zero-order valence-electron chi connectivity index (χ0n) is 34.4. The maximum Gasteiger partial charge on any atom is 0.136 e. The summed E-state index contributed by atoms with van der Waals surface area (Å²) in [5, 5.41) is 4.79. The third-order valence-electron chi connectivity index (χ3n) is 12.4. The highest BCUT2D eigenvalue weighted by atomic mass is 16.3. The molecule has 296 valence electrons. The summed E-state index contributed by atoms with van der Waals surface area (Å²) in [6.45, 7) is 0. The van der Waals surface area contributed by atoms with Crippen LogP contribution in [0.4, 0.5) is 17.1 Å². The molecule has 0 aliphatic heterocycles. The van der Waals surface area contributed by atoms with E-state index in [0.717, 1.165) is 61.4 Å². The number of rotatable bonds is 8. The molecule has 3 heteroatoms. The first-order valence-corrected chi connectivity index (χ1v) is 21.5. The lowest BCUT2D eigenvalue weighted by Crippen LogP contribution is -2.10. The molecule has 2 heterocycles. The average molecular weight is 805 g/mol. The van der Waals surface area contributed by atoms with Crippen molar-refractivity contribution in [2.75, 3.05) is 4.90 Å². The molecule has 0 N–H and O–H groups in total. The third kappa shape index (κ3) is 6.46. The van der Waals surface area contributed by atoms with Gasteiger partial charge in [-0.25, -0.2) is 0 Å². The Kier molecular flexibility index (Phi) is 8.83. The molecule has 2 aromatic heterocycles. The van der Waals surface area contributed by atoms with Crippen molar-refractivity contribution in [3.63, 3.8) is 0 Å². The van der Waals surface area contributed by atoms with Crippen LogP contribution < -0.4 is 4.90 Å². The molecule has 63 heavy (non-hydrogen) atoms. The number of aromatic nitrogens is 1. The number of hydrogen-bond acceptors (Lipinski definition) is 2. The molecule has 0 bridgehead atoms. The predicted molar refractivity (Wildman–Crippen MR) is 264 cm³/mol. The molecule has 0 amide bonds. The van der Waals surface area contributed by atoms with Gasteiger partial charge in [-0.3, -0.25) is 0 Å². The minimum Gasteiger partial charge on any atom is -0.456 e. The first-order valence-electron chi connectivity index (χ1n) is 21.5. The van der Waals surface area contributed by atoms with Crippen molar-refractivity contribution in [2.45, 2.75) is 0 Å². The van der Waals surface area contributed by atoms with Crippen molar-refractivity contribution in [3.05, 3.63) is 243 Å². The van der Waals surface area contributed by atoms with Crippen molar-refractivity contribution < 1.29 is 4.42 Å². The number of fused-ring (bicyclic) bond motifs is 6. The molecule has 0 atom stereocenters. The molecule has 12 rings (SSSR count). The molecule has 0 radical (unpaired) electrons. The second kappa shape index (κ2) is 15.3. The molecule has 0 fully saturated rings. The smallest absolute Gasteiger partial charge is 0.136 e. The second-order valence-corrected chi connectivity index (χ2v) is 16.1. The minimum absolute atomic E-state index is 0.908. The van der Waals surface area contributed by atoms with Gasteiger partial charge in [-0.15, -0.1) is 0 Å². The molecule has 12 aromatic rings. The summed E-state index contributed by atoms with van der Waals surface area (Å²) >= 11 is 0. The summed E-state index contributed by atoms with van der Waals surface area (Å²) < 4.78 is 8.59. The Hall–Kier alpha value is -8.40. The number of furan rings is 1. The quantitative estimate of drug-likeness (QED) is 0.153. The minimum atomic E-state index is 0.908. The van der Waals surface area contributed by atoms with Crippen LogP contribution in [0.25, 0.3) is 93.9 Å². The Labute approximate surface area is 366 Å². The Morgan fingerprint density at radius 3 is 1.44 bits per heavy atom. The number of anilines is 3. The number of hydrogen-bond donors (Lipinski definition) is 0. The van der Waals surface area contributed by atoms with Gasteiger partial charge in [-0.2, -0.15) is 0 Å². The maximum atomic E-state index is 6.20. The fourth-order valence-corrected chi connectivity index (χ4v) is 9.39. The topological polar surface area (TPSA) is 21.3 Å². The standard InChI is InChI=1S/C60H40N2O/c1-2-13-41(14-3-1)46-15-10-16-47(39-46)44-33-37-49(38-34-44)61(50-17-11-18-51(40-50)62-56-23-7-4-19-53(56)54-20-5-8-24-57(54)62)48-35-31-43(32-36-48)42-27-29-45(30-28-42)52-22-12-26-59-60(52)55-21-6-9-25-58(55)63-59/h1-40H. The molecule has 3 nitrogen and oxygen atoms in total. The summed E-state index contributed by atoms with van der Waals surface area (Å²) in [7, 11) is 0. The largest absolute Gasteiger partial charge is 0.456 e. The highest BCUT2D eigenvalue weighted by Gasteiger charge is 2.18. The van der Waals surface area contributed by atoms with Crippen LogP contribution in [0.1, 0.15) is 0 Å². The van der Waals surface area contributed by atoms with Gasteiger partial charge in [0.2, 0.25) is 0 Å². The molecule has 0 aliphatic carbocycles. The van der Waals surface area contributed by atoms with Gasteiger partial charge in [0, 0.05) is 44.3 Å². The summed E-state index contributed by atoms with van der Waals surface area (Å²) in [5.41, 5.74) is 18.0. The fraction of sp³-hybridized carbons (Fsp3) is 0. The van der Waals surface area contributed by atoms with Crippen LogP contribution in [-0.4, -0.2) is 4.57 Å². The molecule has 0 saturated heterocycles. The van der Waals surface area contributed by atoms with Crippen LogP contribution in [0.2, 0.25) is 0 Å². The Balaban J connectivity index is 0.925. The summed E-state index contributed by atoms with van der Waals surface area (Å²) in [4.78, 5) is 2.37. The first-order chi connectivity index (χ1) is 31.2. The van der Waals surface area contributed by atoms with Gasteiger partial charge in [-0.1, -0.05) is 170 Å². The van der Waals surface area contributed by atoms with E-state index in [0.29, 0.717) is 0 Å². The lowest BCUT2D eigenvalue weighted by Gasteiger charge is -2.26. The summed E-state index contributed by atoms with van der Waals surface area (Å²) in [6, 6.07) is 87.1. The van der Waals surface area contributed by atoms with Crippen LogP contribution in [0.5, 0.6) is 0 Å². The van der Waals surface area contributed by atoms with E-state index in [-0.39, 0.29) is 0 Å². The Morgan fingerprint density at radius 1 is 0.302 bits per heavy atom. The van der Waals surface area contributed by atoms with Crippen LogP contribution in [-0.2, 0) is 0 Å². The summed E-state index contributed by atoms with van der Waals surface area (Å²) in [5.74, 6) is 0. The molecule has 0 unspecified atom stereocenters. The molecule has 0 saturated carbocycles. The second-order valence-electron chi connectivity index (χ2n) is 16.1. The average Bonchev–Trinajstić information content (AvgIpc) is 3.91. The van der Waals surface area contributed by atoms with Crippen molar-refractivity contribution in [1.29, 1.82) is 0 Å². The van der Waals surface area contributed by atoms with Gasteiger partial charge in [-0.05, 0) is 117 Å². The van der Waals surface area contributed by atoms with Gasteiger partial charge < -0.3 is 13.9 Å². The monoisotopic (exact) mass is 804 g/mol. The van der Waals surface area contributed by atoms with E-state index in [1.807, 2.05) is 12.1 Å². The van der Waals surface area contributed by atoms with E-state index in [2.05, 4.69) is 240 Å². The number of nitrogens with zero attached hydrogens (tertiary/aromatic N) is 2. The van der Waals surface area contributed by atoms with Gasteiger partial charge in [0.15, 0.2) is 0 Å². The van der Waals surface area contributed by atoms with E-state index in [9.17, 15) is 0 Å². The van der Waals surface area contributed by atoms with Crippen LogP contribution in [0.3, 0.4) is 0 Å². The van der Waals surface area contributed by atoms with Crippen LogP contribution >= 0.6 is 0 Å². The summed E-state index contributed by atoms with van der Waals surface area (Å²) in [6.07, 6.45) is 0. The van der Waals surface area contributed by atoms with Crippen molar-refractivity contribution in [1.82, 2.24) is 4.57 Å². The molecule has 10 aromatic carbocycles. The zero-order chi connectivity index (χ0) is 41.7. The zero-order valence-corrected chi connectivity index (χ0v) is 34.4. The lowest BCUT2D eigenvalue weighted by molar-refractivity contribution is 0.669. The van der Waals surface area contributed by atoms with Gasteiger partial charge in [0.25, 0.3) is 0 Å². The molecular weight excluding hydrogens is 765 g/mol. The van der Waals surface area contributed by atoms with E-state index in [4.69, 9.17) is 4.42 Å². The SMILES string of the molecule is c1ccc(-c2cccc(-c3ccc(N(c4ccc(-c5ccc(-c6cccc7oc8ccccc8c67)cc5)cc4)c4cccc(-n5c6ccccc6c6ccccc65)c4)cc3)c2)cc1. The number of benzene rings is 10. The van der Waals surface area contributed by atoms with E-state index < -0.39 is 0 Å². The highest BCUT2D eigenvalue weighted by Crippen LogP contribution is 2.41. The van der Waals surface area contributed by atoms with Gasteiger partial charge in [0.05, 0.1) is 11.0 Å². The van der Waals surface area contributed by atoms with Crippen molar-refractivity contribution in [2.24, 2.45) is 0 Å². The molecule has 0 aliphatic rings.